The van der Waals surface area contributed by atoms with Crippen molar-refractivity contribution >= 4 is 0 Å². The highest BCUT2D eigenvalue weighted by Crippen LogP contribution is 2.29. The van der Waals surface area contributed by atoms with Crippen LogP contribution in [0.3, 0.4) is 0 Å². The van der Waals surface area contributed by atoms with Gasteiger partial charge in [-0.25, -0.2) is 0 Å². The Hall–Kier alpha value is -1.07. The van der Waals surface area contributed by atoms with Crippen LogP contribution in [0, 0.1) is 0 Å². The molecule has 0 radical (unpaired) electrons. The summed E-state index contributed by atoms with van der Waals surface area (Å²) >= 11 is 0. The van der Waals surface area contributed by atoms with E-state index in [0.29, 0.717) is 24.9 Å². The van der Waals surface area contributed by atoms with E-state index in [0.717, 1.165) is 12.1 Å². The summed E-state index contributed by atoms with van der Waals surface area (Å²) in [5.41, 5.74) is -0.938. The lowest BCUT2D eigenvalue weighted by Gasteiger charge is -2.27. The fourth-order valence-electron chi connectivity index (χ4n) is 2.05. The maximum absolute atomic E-state index is 12.5. The average Bonchev–Trinajstić information content (AvgIpc) is 2.25. The number of alkyl halides is 3. The third-order valence-electron chi connectivity index (χ3n) is 3.19. The molecule has 1 unspecified atom stereocenters. The van der Waals surface area contributed by atoms with Gasteiger partial charge >= 0.3 is 6.18 Å². The Labute approximate surface area is 124 Å². The fourth-order valence-corrected chi connectivity index (χ4v) is 2.05. The molecular weight excluding hydrogens is 279 g/mol. The van der Waals surface area contributed by atoms with Gasteiger partial charge in [0.2, 0.25) is 0 Å². The minimum Gasteiger partial charge on any atom is -0.390 e. The SMILES string of the molecule is CC(O)(CCNC(C)(C)C)Cc1ccc(C(F)(F)F)cc1. The molecule has 1 atom stereocenters. The monoisotopic (exact) mass is 303 g/mol. The first-order valence-corrected chi connectivity index (χ1v) is 7.03. The molecule has 0 aromatic heterocycles. The number of halogens is 3. The second kappa shape index (κ2) is 6.36. The quantitative estimate of drug-likeness (QED) is 0.867. The van der Waals surface area contributed by atoms with Crippen LogP contribution >= 0.6 is 0 Å². The van der Waals surface area contributed by atoms with E-state index >= 15 is 0 Å². The molecule has 0 amide bonds. The van der Waals surface area contributed by atoms with Crippen molar-refractivity contribution in [3.05, 3.63) is 35.4 Å². The van der Waals surface area contributed by atoms with Gasteiger partial charge in [0.05, 0.1) is 11.2 Å². The van der Waals surface area contributed by atoms with Crippen LogP contribution in [0.4, 0.5) is 13.2 Å². The standard InChI is InChI=1S/C16H24F3NO/c1-14(2,3)20-10-9-15(4,21)11-12-5-7-13(8-6-12)16(17,18)19/h5-8,20-21H,9-11H2,1-4H3. The normalized spacial score (nSPS) is 15.8. The van der Waals surface area contributed by atoms with Crippen LogP contribution in [-0.2, 0) is 12.6 Å². The predicted octanol–water partition coefficient (Wildman–Crippen LogP) is 3.78. The highest BCUT2D eigenvalue weighted by atomic mass is 19.4. The fraction of sp³-hybridized carbons (Fsp3) is 0.625. The molecule has 0 fully saturated rings. The molecule has 2 N–H and O–H groups in total. The van der Waals surface area contributed by atoms with Gasteiger partial charge in [-0.15, -0.1) is 0 Å². The topological polar surface area (TPSA) is 32.3 Å². The number of hydrogen-bond acceptors (Lipinski definition) is 2. The van der Waals surface area contributed by atoms with Crippen molar-refractivity contribution in [2.45, 2.75) is 57.9 Å². The Morgan fingerprint density at radius 2 is 1.52 bits per heavy atom. The summed E-state index contributed by atoms with van der Waals surface area (Å²) in [6.07, 6.45) is -3.46. The number of hydrogen-bond donors (Lipinski definition) is 2. The summed E-state index contributed by atoms with van der Waals surface area (Å²) in [5, 5.41) is 13.6. The van der Waals surface area contributed by atoms with Gasteiger partial charge in [0, 0.05) is 12.0 Å². The Morgan fingerprint density at radius 1 is 1.00 bits per heavy atom. The maximum atomic E-state index is 12.5. The predicted molar refractivity (Wildman–Crippen MR) is 78.1 cm³/mol. The van der Waals surface area contributed by atoms with E-state index in [9.17, 15) is 18.3 Å². The molecule has 1 rings (SSSR count). The molecule has 0 bridgehead atoms. The van der Waals surface area contributed by atoms with Gasteiger partial charge in [-0.05, 0) is 58.4 Å². The first-order valence-electron chi connectivity index (χ1n) is 7.03. The molecule has 0 saturated heterocycles. The molecule has 0 saturated carbocycles. The number of rotatable bonds is 5. The van der Waals surface area contributed by atoms with Gasteiger partial charge in [0.15, 0.2) is 0 Å². The highest BCUT2D eigenvalue weighted by Gasteiger charge is 2.30. The van der Waals surface area contributed by atoms with Gasteiger partial charge < -0.3 is 10.4 Å². The van der Waals surface area contributed by atoms with Crippen molar-refractivity contribution in [2.24, 2.45) is 0 Å². The Kier molecular flexibility index (Phi) is 5.45. The Bertz CT molecular complexity index is 444. The number of benzene rings is 1. The molecule has 2 nitrogen and oxygen atoms in total. The molecule has 0 aliphatic heterocycles. The lowest BCUT2D eigenvalue weighted by molar-refractivity contribution is -0.137. The Morgan fingerprint density at radius 3 is 1.95 bits per heavy atom. The van der Waals surface area contributed by atoms with Crippen molar-refractivity contribution in [3.8, 4) is 0 Å². The van der Waals surface area contributed by atoms with Crippen LogP contribution in [0.2, 0.25) is 0 Å². The zero-order valence-electron chi connectivity index (χ0n) is 13.0. The molecule has 0 heterocycles. The largest absolute Gasteiger partial charge is 0.416 e. The molecule has 120 valence electrons. The summed E-state index contributed by atoms with van der Waals surface area (Å²) in [6, 6.07) is 4.96. The zero-order valence-corrected chi connectivity index (χ0v) is 13.0. The average molecular weight is 303 g/mol. The van der Waals surface area contributed by atoms with Crippen LogP contribution in [0.1, 0.15) is 45.2 Å². The molecule has 21 heavy (non-hydrogen) atoms. The Balaban J connectivity index is 2.59. The van der Waals surface area contributed by atoms with E-state index < -0.39 is 17.3 Å². The molecule has 5 heteroatoms. The van der Waals surface area contributed by atoms with E-state index in [1.54, 1.807) is 6.92 Å². The summed E-state index contributed by atoms with van der Waals surface area (Å²) in [4.78, 5) is 0. The number of aliphatic hydroxyl groups is 1. The van der Waals surface area contributed by atoms with Crippen LogP contribution in [0.25, 0.3) is 0 Å². The third-order valence-corrected chi connectivity index (χ3v) is 3.19. The van der Waals surface area contributed by atoms with Crippen molar-refractivity contribution in [2.75, 3.05) is 6.54 Å². The van der Waals surface area contributed by atoms with Gasteiger partial charge in [-0.2, -0.15) is 13.2 Å². The van der Waals surface area contributed by atoms with Gasteiger partial charge in [0.25, 0.3) is 0 Å². The van der Waals surface area contributed by atoms with Crippen LogP contribution in [0.5, 0.6) is 0 Å². The zero-order chi connectivity index (χ0) is 16.3. The van der Waals surface area contributed by atoms with E-state index in [1.165, 1.54) is 12.1 Å². The second-order valence-electron chi connectivity index (χ2n) is 6.80. The first-order chi connectivity index (χ1) is 9.39. The van der Waals surface area contributed by atoms with Gasteiger partial charge in [0.1, 0.15) is 0 Å². The van der Waals surface area contributed by atoms with E-state index in [2.05, 4.69) is 5.32 Å². The molecular formula is C16H24F3NO. The minimum atomic E-state index is -4.32. The molecule has 0 spiro atoms. The molecule has 0 aliphatic rings. The lowest BCUT2D eigenvalue weighted by Crippen LogP contribution is -2.40. The summed E-state index contributed by atoms with van der Waals surface area (Å²) in [7, 11) is 0. The van der Waals surface area contributed by atoms with E-state index in [-0.39, 0.29) is 5.54 Å². The van der Waals surface area contributed by atoms with Crippen molar-refractivity contribution in [3.63, 3.8) is 0 Å². The van der Waals surface area contributed by atoms with Crippen LogP contribution < -0.4 is 5.32 Å². The second-order valence-corrected chi connectivity index (χ2v) is 6.80. The van der Waals surface area contributed by atoms with E-state index in [4.69, 9.17) is 0 Å². The summed E-state index contributed by atoms with van der Waals surface area (Å²) in [5.74, 6) is 0. The molecule has 0 aliphatic carbocycles. The van der Waals surface area contributed by atoms with E-state index in [1.807, 2.05) is 20.8 Å². The lowest BCUT2D eigenvalue weighted by atomic mass is 9.92. The molecule has 1 aromatic rings. The highest BCUT2D eigenvalue weighted by molar-refractivity contribution is 5.25. The van der Waals surface area contributed by atoms with Gasteiger partial charge in [-0.1, -0.05) is 12.1 Å². The van der Waals surface area contributed by atoms with Crippen molar-refractivity contribution < 1.29 is 18.3 Å². The number of nitrogens with one attached hydrogen (secondary N) is 1. The van der Waals surface area contributed by atoms with Crippen molar-refractivity contribution in [1.29, 1.82) is 0 Å². The summed E-state index contributed by atoms with van der Waals surface area (Å²) < 4.78 is 37.4. The van der Waals surface area contributed by atoms with Crippen LogP contribution in [-0.4, -0.2) is 22.8 Å². The van der Waals surface area contributed by atoms with Crippen molar-refractivity contribution in [1.82, 2.24) is 5.32 Å². The first kappa shape index (κ1) is 18.0. The van der Waals surface area contributed by atoms with Crippen LogP contribution in [0.15, 0.2) is 24.3 Å². The van der Waals surface area contributed by atoms with Gasteiger partial charge in [-0.3, -0.25) is 0 Å². The third kappa shape index (κ3) is 6.96. The summed E-state index contributed by atoms with van der Waals surface area (Å²) in [6.45, 7) is 8.47. The smallest absolute Gasteiger partial charge is 0.390 e. The maximum Gasteiger partial charge on any atom is 0.416 e. The minimum absolute atomic E-state index is 0.0234. The molecule has 1 aromatic carbocycles.